The quantitative estimate of drug-likeness (QED) is 0.574. The SMILES string of the molecule is NC12CC3CC(C1)CC(NC(=O)c1ccc(F)cn1)(C3)C2.O=C(O)c1nccc(C(F)(F)F)n1. The Morgan fingerprint density at radius 1 is 1.09 bits per heavy atom. The molecule has 8 nitrogen and oxygen atoms in total. The van der Waals surface area contributed by atoms with Crippen LogP contribution in [0.15, 0.2) is 30.6 Å². The van der Waals surface area contributed by atoms with Gasteiger partial charge < -0.3 is 16.2 Å². The molecule has 182 valence electrons. The predicted molar refractivity (Wildman–Crippen MR) is 110 cm³/mol. The Bertz CT molecular complexity index is 1080. The molecule has 2 unspecified atom stereocenters. The van der Waals surface area contributed by atoms with Gasteiger partial charge in [0.1, 0.15) is 17.2 Å². The molecule has 0 saturated heterocycles. The second-order valence-electron chi connectivity index (χ2n) is 9.49. The standard InChI is InChI=1S/C16H20FN3O.C6H3F3N2O2/c17-12-1-2-13(19-8-12)14(21)20-16-6-10-3-11(7-16)5-15(18,4-10)9-16;7-6(8,9)3-1-2-10-4(11-3)5(12)13/h1-2,8,10-11H,3-7,9,18H2,(H,20,21);1-2H,(H,12,13). The van der Waals surface area contributed by atoms with E-state index in [1.165, 1.54) is 18.6 Å². The summed E-state index contributed by atoms with van der Waals surface area (Å²) < 4.78 is 48.8. The smallest absolute Gasteiger partial charge is 0.433 e. The molecule has 4 saturated carbocycles. The number of carboxylic acid groups (broad SMARTS) is 1. The Kier molecular flexibility index (Phi) is 6.05. The molecule has 0 aliphatic heterocycles. The van der Waals surface area contributed by atoms with Gasteiger partial charge in [0.25, 0.3) is 5.91 Å². The van der Waals surface area contributed by atoms with E-state index in [0.717, 1.165) is 44.5 Å². The Balaban J connectivity index is 0.000000182. The summed E-state index contributed by atoms with van der Waals surface area (Å²) in [4.78, 5) is 32.4. The lowest BCUT2D eigenvalue weighted by molar-refractivity contribution is -0.141. The normalized spacial score (nSPS) is 29.2. The fourth-order valence-corrected chi connectivity index (χ4v) is 5.91. The highest BCUT2D eigenvalue weighted by molar-refractivity contribution is 5.92. The van der Waals surface area contributed by atoms with Crippen LogP contribution in [0.2, 0.25) is 0 Å². The van der Waals surface area contributed by atoms with E-state index in [1.54, 1.807) is 0 Å². The van der Waals surface area contributed by atoms with Crippen LogP contribution in [0, 0.1) is 17.7 Å². The number of aromatic nitrogens is 3. The van der Waals surface area contributed by atoms with Crippen molar-refractivity contribution in [2.45, 2.75) is 55.8 Å². The third-order valence-corrected chi connectivity index (χ3v) is 6.58. The van der Waals surface area contributed by atoms with Crippen molar-refractivity contribution in [1.82, 2.24) is 20.3 Å². The van der Waals surface area contributed by atoms with Gasteiger partial charge in [-0.05, 0) is 68.6 Å². The predicted octanol–water partition coefficient (Wildman–Crippen LogP) is 3.19. The number of hydrogen-bond donors (Lipinski definition) is 3. The zero-order chi connectivity index (χ0) is 24.7. The first-order chi connectivity index (χ1) is 15.9. The van der Waals surface area contributed by atoms with Gasteiger partial charge in [-0.3, -0.25) is 4.79 Å². The van der Waals surface area contributed by atoms with Gasteiger partial charge in [0.05, 0.1) is 6.20 Å². The molecule has 4 bridgehead atoms. The van der Waals surface area contributed by atoms with Crippen molar-refractivity contribution >= 4 is 11.9 Å². The average molecular weight is 481 g/mol. The minimum absolute atomic E-state index is 0.104. The Hall–Kier alpha value is -3.15. The van der Waals surface area contributed by atoms with Crippen molar-refractivity contribution < 1.29 is 32.3 Å². The molecule has 12 heteroatoms. The first-order valence-corrected chi connectivity index (χ1v) is 10.7. The topological polar surface area (TPSA) is 131 Å². The third kappa shape index (κ3) is 5.16. The number of hydrogen-bond acceptors (Lipinski definition) is 6. The molecule has 4 N–H and O–H groups in total. The van der Waals surface area contributed by atoms with E-state index in [0.29, 0.717) is 17.9 Å². The van der Waals surface area contributed by atoms with E-state index in [1.807, 2.05) is 0 Å². The van der Waals surface area contributed by atoms with Crippen LogP contribution < -0.4 is 11.1 Å². The van der Waals surface area contributed by atoms with Crippen LogP contribution in [-0.4, -0.2) is 43.0 Å². The van der Waals surface area contributed by atoms with Crippen LogP contribution >= 0.6 is 0 Å². The van der Waals surface area contributed by atoms with Crippen LogP contribution in [-0.2, 0) is 6.18 Å². The largest absolute Gasteiger partial charge is 0.475 e. The van der Waals surface area contributed by atoms with Gasteiger partial charge in [-0.25, -0.2) is 24.1 Å². The van der Waals surface area contributed by atoms with Crippen LogP contribution in [0.1, 0.15) is 65.3 Å². The zero-order valence-electron chi connectivity index (χ0n) is 18.0. The fourth-order valence-electron chi connectivity index (χ4n) is 5.91. The number of amides is 1. The lowest BCUT2D eigenvalue weighted by Gasteiger charge is -2.61. The highest BCUT2D eigenvalue weighted by Crippen LogP contribution is 2.56. The van der Waals surface area contributed by atoms with Crippen LogP contribution in [0.5, 0.6) is 0 Å². The monoisotopic (exact) mass is 481 g/mol. The molecule has 34 heavy (non-hydrogen) atoms. The maximum Gasteiger partial charge on any atom is 0.433 e. The first-order valence-electron chi connectivity index (χ1n) is 10.7. The summed E-state index contributed by atoms with van der Waals surface area (Å²) >= 11 is 0. The number of nitrogens with zero attached hydrogens (tertiary/aromatic N) is 3. The molecule has 6 rings (SSSR count). The maximum absolute atomic E-state index is 12.9. The maximum atomic E-state index is 12.9. The van der Waals surface area contributed by atoms with Crippen molar-refractivity contribution in [3.8, 4) is 0 Å². The first kappa shape index (κ1) is 24.0. The third-order valence-electron chi connectivity index (χ3n) is 6.58. The van der Waals surface area contributed by atoms with Gasteiger partial charge in [-0.2, -0.15) is 13.2 Å². The van der Waals surface area contributed by atoms with E-state index in [2.05, 4.69) is 20.3 Å². The number of alkyl halides is 3. The van der Waals surface area contributed by atoms with E-state index < -0.39 is 29.5 Å². The van der Waals surface area contributed by atoms with Crippen LogP contribution in [0.4, 0.5) is 17.6 Å². The van der Waals surface area contributed by atoms with Gasteiger partial charge >= 0.3 is 12.1 Å². The Morgan fingerprint density at radius 3 is 2.29 bits per heavy atom. The number of carbonyl (C=O) groups is 2. The van der Waals surface area contributed by atoms with Gasteiger partial charge in [0.15, 0.2) is 0 Å². The van der Waals surface area contributed by atoms with E-state index in [9.17, 15) is 27.2 Å². The van der Waals surface area contributed by atoms with Crippen LogP contribution in [0.3, 0.4) is 0 Å². The molecular formula is C22H23F4N5O3. The second kappa shape index (κ2) is 8.57. The number of nitrogens with one attached hydrogen (secondary N) is 1. The second-order valence-corrected chi connectivity index (χ2v) is 9.49. The van der Waals surface area contributed by atoms with Crippen LogP contribution in [0.25, 0.3) is 0 Å². The number of carbonyl (C=O) groups excluding carboxylic acids is 1. The fraction of sp³-hybridized carbons (Fsp3) is 0.500. The minimum Gasteiger partial charge on any atom is -0.475 e. The van der Waals surface area contributed by atoms with Gasteiger partial charge in [-0.1, -0.05) is 0 Å². The number of carboxylic acids is 1. The van der Waals surface area contributed by atoms with Crippen molar-refractivity contribution in [2.24, 2.45) is 17.6 Å². The summed E-state index contributed by atoms with van der Waals surface area (Å²) in [5, 5.41) is 11.5. The van der Waals surface area contributed by atoms with Gasteiger partial charge in [0, 0.05) is 17.3 Å². The number of pyridine rings is 1. The lowest BCUT2D eigenvalue weighted by atomic mass is 9.50. The highest BCUT2D eigenvalue weighted by atomic mass is 19.4. The Morgan fingerprint density at radius 2 is 1.76 bits per heavy atom. The van der Waals surface area contributed by atoms with Gasteiger partial charge in [0.2, 0.25) is 5.82 Å². The summed E-state index contributed by atoms with van der Waals surface area (Å²) in [6.07, 6.45) is 3.54. The zero-order valence-corrected chi connectivity index (χ0v) is 18.0. The molecule has 1 amide bonds. The molecule has 2 aromatic heterocycles. The molecule has 0 aromatic carbocycles. The molecule has 2 heterocycles. The molecule has 4 aliphatic carbocycles. The summed E-state index contributed by atoms with van der Waals surface area (Å²) in [5.74, 6) is -1.82. The summed E-state index contributed by atoms with van der Waals surface area (Å²) in [6.45, 7) is 0. The summed E-state index contributed by atoms with van der Waals surface area (Å²) in [5.41, 5.74) is 5.26. The van der Waals surface area contributed by atoms with Crippen molar-refractivity contribution in [2.75, 3.05) is 0 Å². The summed E-state index contributed by atoms with van der Waals surface area (Å²) in [6, 6.07) is 3.31. The lowest BCUT2D eigenvalue weighted by Crippen LogP contribution is -2.68. The minimum atomic E-state index is -4.65. The average Bonchev–Trinajstić information content (AvgIpc) is 2.72. The molecule has 0 radical (unpaired) electrons. The number of aromatic carboxylic acids is 1. The Labute approximate surface area is 192 Å². The molecule has 0 spiro atoms. The van der Waals surface area contributed by atoms with E-state index in [4.69, 9.17) is 10.8 Å². The number of halogens is 4. The number of rotatable bonds is 3. The van der Waals surface area contributed by atoms with Crippen molar-refractivity contribution in [3.63, 3.8) is 0 Å². The van der Waals surface area contributed by atoms with E-state index in [-0.39, 0.29) is 22.7 Å². The molecular weight excluding hydrogens is 458 g/mol. The summed E-state index contributed by atoms with van der Waals surface area (Å²) in [7, 11) is 0. The van der Waals surface area contributed by atoms with E-state index >= 15 is 0 Å². The molecule has 4 aliphatic rings. The molecule has 2 aromatic rings. The number of nitrogens with two attached hydrogens (primary N) is 1. The van der Waals surface area contributed by atoms with Crippen molar-refractivity contribution in [1.29, 1.82) is 0 Å². The van der Waals surface area contributed by atoms with Crippen molar-refractivity contribution in [3.05, 3.63) is 53.6 Å². The molecule has 4 fully saturated rings. The molecule has 2 atom stereocenters. The van der Waals surface area contributed by atoms with Gasteiger partial charge in [-0.15, -0.1) is 0 Å². The highest BCUT2D eigenvalue weighted by Gasteiger charge is 2.56.